The van der Waals surface area contributed by atoms with E-state index >= 15 is 0 Å². The molecule has 29 heavy (non-hydrogen) atoms. The average Bonchev–Trinajstić information content (AvgIpc) is 2.71. The van der Waals surface area contributed by atoms with Crippen molar-refractivity contribution in [2.75, 3.05) is 31.5 Å². The van der Waals surface area contributed by atoms with Crippen LogP contribution in [0.25, 0.3) is 0 Å². The van der Waals surface area contributed by atoms with Gasteiger partial charge in [-0.25, -0.2) is 4.79 Å². The molecule has 2 heterocycles. The van der Waals surface area contributed by atoms with Crippen LogP contribution in [-0.4, -0.2) is 52.9 Å². The summed E-state index contributed by atoms with van der Waals surface area (Å²) in [7, 11) is 0. The lowest BCUT2D eigenvalue weighted by atomic mass is 10.1. The lowest BCUT2D eigenvalue weighted by Crippen LogP contribution is -2.47. The molecule has 0 saturated carbocycles. The molecule has 0 atom stereocenters. The molecule has 3 rings (SSSR count). The fraction of sp³-hybridized carbons (Fsp3) is 0.381. The molecule has 8 heteroatoms. The van der Waals surface area contributed by atoms with E-state index in [4.69, 9.17) is 11.6 Å². The predicted octanol–water partition coefficient (Wildman–Crippen LogP) is 3.03. The number of piperazine rings is 1. The van der Waals surface area contributed by atoms with E-state index in [1.54, 1.807) is 13.1 Å². The van der Waals surface area contributed by atoms with E-state index in [0.29, 0.717) is 17.3 Å². The lowest BCUT2D eigenvalue weighted by molar-refractivity contribution is -0.130. The first-order valence-corrected chi connectivity index (χ1v) is 10.0. The number of nitrogens with one attached hydrogen (secondary N) is 2. The van der Waals surface area contributed by atoms with E-state index in [2.05, 4.69) is 20.5 Å². The third kappa shape index (κ3) is 6.17. The molecule has 7 nitrogen and oxygen atoms in total. The van der Waals surface area contributed by atoms with Gasteiger partial charge in [0, 0.05) is 56.9 Å². The van der Waals surface area contributed by atoms with E-state index in [9.17, 15) is 9.59 Å². The summed E-state index contributed by atoms with van der Waals surface area (Å²) in [5.41, 5.74) is 3.54. The van der Waals surface area contributed by atoms with Crippen molar-refractivity contribution in [3.8, 4) is 0 Å². The van der Waals surface area contributed by atoms with Crippen molar-refractivity contribution in [1.82, 2.24) is 20.1 Å². The Morgan fingerprint density at radius 1 is 1.14 bits per heavy atom. The molecule has 0 radical (unpaired) electrons. The molecule has 1 aromatic carbocycles. The standard InChI is InChI=1S/C21H26ClN5O2/c1-15-3-5-19(13-23-15)25-21(29)24-12-17-4-6-20(22)18(11-17)14-26-7-9-27(10-8-26)16(2)28/h3-6,11,13H,7-10,12,14H2,1-2H3,(H2,24,25,29). The van der Waals surface area contributed by atoms with Gasteiger partial charge in [-0.2, -0.15) is 0 Å². The zero-order valence-electron chi connectivity index (χ0n) is 16.7. The maximum atomic E-state index is 12.1. The lowest BCUT2D eigenvalue weighted by Gasteiger charge is -2.34. The summed E-state index contributed by atoms with van der Waals surface area (Å²) in [4.78, 5) is 31.9. The fourth-order valence-electron chi connectivity index (χ4n) is 3.22. The molecule has 154 valence electrons. The summed E-state index contributed by atoms with van der Waals surface area (Å²) in [6, 6.07) is 9.17. The van der Waals surface area contributed by atoms with Gasteiger partial charge in [-0.1, -0.05) is 23.7 Å². The summed E-state index contributed by atoms with van der Waals surface area (Å²) < 4.78 is 0. The van der Waals surface area contributed by atoms with E-state index in [0.717, 1.165) is 49.5 Å². The summed E-state index contributed by atoms with van der Waals surface area (Å²) in [5, 5.41) is 6.32. The van der Waals surface area contributed by atoms with Crippen LogP contribution in [0.2, 0.25) is 5.02 Å². The third-order valence-electron chi connectivity index (χ3n) is 4.94. The second-order valence-electron chi connectivity index (χ2n) is 7.20. The van der Waals surface area contributed by atoms with Gasteiger partial charge in [-0.05, 0) is 36.2 Å². The predicted molar refractivity (Wildman–Crippen MR) is 114 cm³/mol. The number of carbonyl (C=O) groups excluding carboxylic acids is 2. The number of anilines is 1. The molecule has 1 fully saturated rings. The van der Waals surface area contributed by atoms with Crippen LogP contribution in [0.4, 0.5) is 10.5 Å². The minimum Gasteiger partial charge on any atom is -0.340 e. The smallest absolute Gasteiger partial charge is 0.319 e. The SMILES string of the molecule is CC(=O)N1CCN(Cc2cc(CNC(=O)Nc3ccc(C)nc3)ccc2Cl)CC1. The molecule has 1 aliphatic heterocycles. The number of rotatable bonds is 5. The molecule has 0 spiro atoms. The molecular weight excluding hydrogens is 390 g/mol. The largest absolute Gasteiger partial charge is 0.340 e. The van der Waals surface area contributed by atoms with Gasteiger partial charge in [0.15, 0.2) is 0 Å². The number of aromatic nitrogens is 1. The topological polar surface area (TPSA) is 77.6 Å². The van der Waals surface area contributed by atoms with E-state index in [1.807, 2.05) is 42.2 Å². The van der Waals surface area contributed by atoms with Gasteiger partial charge < -0.3 is 15.5 Å². The zero-order valence-corrected chi connectivity index (χ0v) is 17.5. The molecule has 3 amide bonds. The average molecular weight is 416 g/mol. The van der Waals surface area contributed by atoms with Crippen molar-refractivity contribution >= 4 is 29.2 Å². The van der Waals surface area contributed by atoms with Gasteiger partial charge >= 0.3 is 6.03 Å². The molecule has 1 aromatic heterocycles. The number of hydrogen-bond donors (Lipinski definition) is 2. The Morgan fingerprint density at radius 3 is 2.55 bits per heavy atom. The zero-order chi connectivity index (χ0) is 20.8. The highest BCUT2D eigenvalue weighted by atomic mass is 35.5. The number of carbonyl (C=O) groups is 2. The van der Waals surface area contributed by atoms with Crippen molar-refractivity contribution < 1.29 is 9.59 Å². The maximum Gasteiger partial charge on any atom is 0.319 e. The van der Waals surface area contributed by atoms with Crippen molar-refractivity contribution in [1.29, 1.82) is 0 Å². The summed E-state index contributed by atoms with van der Waals surface area (Å²) in [6.45, 7) is 7.74. The number of aryl methyl sites for hydroxylation is 1. The number of amides is 3. The highest BCUT2D eigenvalue weighted by Gasteiger charge is 2.19. The molecule has 0 aliphatic carbocycles. The van der Waals surface area contributed by atoms with Crippen molar-refractivity contribution in [2.45, 2.75) is 26.9 Å². The summed E-state index contributed by atoms with van der Waals surface area (Å²) in [5.74, 6) is 0.121. The van der Waals surface area contributed by atoms with Gasteiger partial charge in [0.1, 0.15) is 0 Å². The van der Waals surface area contributed by atoms with Crippen molar-refractivity contribution in [3.05, 3.63) is 58.4 Å². The Morgan fingerprint density at radius 2 is 1.90 bits per heavy atom. The fourth-order valence-corrected chi connectivity index (χ4v) is 3.40. The van der Waals surface area contributed by atoms with Gasteiger partial charge in [0.25, 0.3) is 0 Å². The Hall–Kier alpha value is -2.64. The monoisotopic (exact) mass is 415 g/mol. The van der Waals surface area contributed by atoms with Gasteiger partial charge in [0.2, 0.25) is 5.91 Å². The van der Waals surface area contributed by atoms with Crippen LogP contribution < -0.4 is 10.6 Å². The van der Waals surface area contributed by atoms with E-state index < -0.39 is 0 Å². The first-order chi connectivity index (χ1) is 13.9. The van der Waals surface area contributed by atoms with Gasteiger partial charge in [0.05, 0.1) is 11.9 Å². The first kappa shape index (κ1) is 21.1. The van der Waals surface area contributed by atoms with E-state index in [1.165, 1.54) is 0 Å². The maximum absolute atomic E-state index is 12.1. The third-order valence-corrected chi connectivity index (χ3v) is 5.31. The van der Waals surface area contributed by atoms with E-state index in [-0.39, 0.29) is 11.9 Å². The summed E-state index contributed by atoms with van der Waals surface area (Å²) in [6.07, 6.45) is 1.63. The Labute approximate surface area is 176 Å². The van der Waals surface area contributed by atoms with Crippen LogP contribution in [0.1, 0.15) is 23.7 Å². The van der Waals surface area contributed by atoms with Crippen LogP contribution in [-0.2, 0) is 17.9 Å². The second-order valence-corrected chi connectivity index (χ2v) is 7.61. The summed E-state index contributed by atoms with van der Waals surface area (Å²) >= 11 is 6.38. The van der Waals surface area contributed by atoms with Crippen LogP contribution >= 0.6 is 11.6 Å². The van der Waals surface area contributed by atoms with Crippen molar-refractivity contribution in [3.63, 3.8) is 0 Å². The normalized spacial score (nSPS) is 14.5. The molecular formula is C21H26ClN5O2. The Kier molecular flexibility index (Phi) is 7.06. The van der Waals surface area contributed by atoms with Crippen LogP contribution in [0.3, 0.4) is 0 Å². The minimum absolute atomic E-state index is 0.121. The number of benzene rings is 1. The number of nitrogens with zero attached hydrogens (tertiary/aromatic N) is 3. The highest BCUT2D eigenvalue weighted by Crippen LogP contribution is 2.20. The van der Waals surface area contributed by atoms with Crippen LogP contribution in [0.5, 0.6) is 0 Å². The number of urea groups is 1. The van der Waals surface area contributed by atoms with Crippen LogP contribution in [0, 0.1) is 6.92 Å². The van der Waals surface area contributed by atoms with Crippen LogP contribution in [0.15, 0.2) is 36.5 Å². The minimum atomic E-state index is -0.285. The molecule has 0 unspecified atom stereocenters. The van der Waals surface area contributed by atoms with Gasteiger partial charge in [-0.3, -0.25) is 14.7 Å². The molecule has 2 aromatic rings. The quantitative estimate of drug-likeness (QED) is 0.786. The molecule has 0 bridgehead atoms. The Balaban J connectivity index is 1.52. The van der Waals surface area contributed by atoms with Gasteiger partial charge in [-0.15, -0.1) is 0 Å². The Bertz CT molecular complexity index is 864. The highest BCUT2D eigenvalue weighted by molar-refractivity contribution is 6.31. The first-order valence-electron chi connectivity index (χ1n) is 9.63. The number of hydrogen-bond acceptors (Lipinski definition) is 4. The second kappa shape index (κ2) is 9.71. The number of halogens is 1. The number of pyridine rings is 1. The molecule has 1 saturated heterocycles. The molecule has 2 N–H and O–H groups in total. The van der Waals surface area contributed by atoms with Crippen molar-refractivity contribution in [2.24, 2.45) is 0 Å². The molecule has 1 aliphatic rings.